The highest BCUT2D eigenvalue weighted by molar-refractivity contribution is 6.22. The van der Waals surface area contributed by atoms with Gasteiger partial charge in [-0.2, -0.15) is 0 Å². The van der Waals surface area contributed by atoms with Crippen LogP contribution in [0.15, 0.2) is 60.7 Å². The summed E-state index contributed by atoms with van der Waals surface area (Å²) < 4.78 is 0. The molecule has 0 spiro atoms. The number of hydrogen-bond donors (Lipinski definition) is 5. The molecule has 166 valence electrons. The van der Waals surface area contributed by atoms with Crippen LogP contribution in [0.3, 0.4) is 0 Å². The molecule has 1 heterocycles. The van der Waals surface area contributed by atoms with Crippen LogP contribution in [0, 0.1) is 0 Å². The molecule has 0 fully saturated rings. The van der Waals surface area contributed by atoms with Crippen molar-refractivity contribution in [1.29, 1.82) is 0 Å². The van der Waals surface area contributed by atoms with Gasteiger partial charge in [-0.05, 0) is 60.7 Å². The lowest BCUT2D eigenvalue weighted by Crippen LogP contribution is -2.19. The van der Waals surface area contributed by atoms with Crippen molar-refractivity contribution in [1.82, 2.24) is 5.32 Å². The number of hydrogen-bond acceptors (Lipinski definition) is 6. The summed E-state index contributed by atoms with van der Waals surface area (Å²) in [5.74, 6) is -1.24. The number of amides is 4. The van der Waals surface area contributed by atoms with Crippen molar-refractivity contribution in [3.63, 3.8) is 0 Å². The topological polar surface area (TPSA) is 128 Å². The molecule has 9 nitrogen and oxygen atoms in total. The van der Waals surface area contributed by atoms with Crippen LogP contribution >= 0.6 is 0 Å². The van der Waals surface area contributed by atoms with Crippen LogP contribution in [0.1, 0.15) is 34.6 Å². The quantitative estimate of drug-likeness (QED) is 0.367. The minimum atomic E-state index is -0.453. The van der Waals surface area contributed by atoms with Crippen molar-refractivity contribution in [2.24, 2.45) is 0 Å². The Kier molecular flexibility index (Phi) is 5.77. The summed E-state index contributed by atoms with van der Waals surface area (Å²) in [5, 5.41) is 14.2. The monoisotopic (exact) mass is 443 g/mol. The molecule has 0 aromatic heterocycles. The van der Waals surface area contributed by atoms with E-state index in [1.54, 1.807) is 60.7 Å². The summed E-state index contributed by atoms with van der Waals surface area (Å²) in [6.07, 6.45) is 0. The van der Waals surface area contributed by atoms with E-state index in [2.05, 4.69) is 26.6 Å². The van der Waals surface area contributed by atoms with Gasteiger partial charge in [0.1, 0.15) is 0 Å². The Hall–Kier alpha value is -4.66. The average molecular weight is 443 g/mol. The molecular weight excluding hydrogens is 422 g/mol. The van der Waals surface area contributed by atoms with Crippen LogP contribution in [0.25, 0.3) is 0 Å². The molecule has 0 unspecified atom stereocenters. The predicted molar refractivity (Wildman–Crippen MR) is 126 cm³/mol. The summed E-state index contributed by atoms with van der Waals surface area (Å²) in [6, 6.07) is 17.4. The van der Waals surface area contributed by atoms with Crippen molar-refractivity contribution in [3.8, 4) is 0 Å². The molecule has 1 aliphatic heterocycles. The maximum absolute atomic E-state index is 12.2. The predicted octanol–water partition coefficient (Wildman–Crippen LogP) is 3.97. The van der Waals surface area contributed by atoms with Crippen LogP contribution in [0.4, 0.5) is 34.1 Å². The summed E-state index contributed by atoms with van der Waals surface area (Å²) in [4.78, 5) is 46.8. The van der Waals surface area contributed by atoms with Crippen LogP contribution in [0.2, 0.25) is 0 Å². The first-order chi connectivity index (χ1) is 15.8. The molecule has 3 aromatic rings. The number of imide groups is 1. The zero-order valence-electron chi connectivity index (χ0n) is 17.9. The molecule has 9 heteroatoms. The second-order valence-corrected chi connectivity index (χ2v) is 7.49. The van der Waals surface area contributed by atoms with Gasteiger partial charge >= 0.3 is 0 Å². The normalized spacial score (nSPS) is 11.9. The molecule has 4 rings (SSSR count). The minimum absolute atomic E-state index is 0.166. The number of carbonyl (C=O) groups is 4. The second kappa shape index (κ2) is 8.83. The lowest BCUT2D eigenvalue weighted by atomic mass is 10.1. The van der Waals surface area contributed by atoms with Crippen molar-refractivity contribution in [2.45, 2.75) is 13.8 Å². The van der Waals surface area contributed by atoms with Crippen LogP contribution < -0.4 is 26.6 Å². The molecular formula is C24H21N5O4. The number of fused-ring (bicyclic) bond motifs is 1. The van der Waals surface area contributed by atoms with Gasteiger partial charge in [-0.25, -0.2) is 0 Å². The molecule has 0 atom stereocenters. The van der Waals surface area contributed by atoms with E-state index in [4.69, 9.17) is 0 Å². The first kappa shape index (κ1) is 21.6. The van der Waals surface area contributed by atoms with Gasteiger partial charge in [0.05, 0.1) is 22.5 Å². The fourth-order valence-electron chi connectivity index (χ4n) is 3.41. The molecule has 33 heavy (non-hydrogen) atoms. The van der Waals surface area contributed by atoms with Gasteiger partial charge in [-0.1, -0.05) is 0 Å². The highest BCUT2D eigenvalue weighted by Crippen LogP contribution is 2.34. The van der Waals surface area contributed by atoms with Crippen LogP contribution in [-0.4, -0.2) is 23.6 Å². The Labute approximate surface area is 189 Å². The van der Waals surface area contributed by atoms with E-state index in [1.165, 1.54) is 13.8 Å². The highest BCUT2D eigenvalue weighted by atomic mass is 16.2. The summed E-state index contributed by atoms with van der Waals surface area (Å²) >= 11 is 0. The van der Waals surface area contributed by atoms with Crippen molar-refractivity contribution < 1.29 is 19.2 Å². The molecule has 3 aromatic carbocycles. The molecule has 0 saturated heterocycles. The van der Waals surface area contributed by atoms with Crippen molar-refractivity contribution in [3.05, 3.63) is 71.8 Å². The first-order valence-electron chi connectivity index (χ1n) is 10.1. The third-order valence-corrected chi connectivity index (χ3v) is 4.84. The highest BCUT2D eigenvalue weighted by Gasteiger charge is 2.28. The SMILES string of the molecule is CC(=O)Nc1ccc(Nc2cc3c(cc2Nc2ccc(NC(C)=O)cc2)C(=O)NC3=O)cc1. The maximum atomic E-state index is 12.2. The second-order valence-electron chi connectivity index (χ2n) is 7.49. The van der Waals surface area contributed by atoms with E-state index in [0.29, 0.717) is 22.7 Å². The molecule has 0 aliphatic carbocycles. The number of rotatable bonds is 6. The van der Waals surface area contributed by atoms with E-state index >= 15 is 0 Å². The van der Waals surface area contributed by atoms with Gasteiger partial charge in [-0.3, -0.25) is 24.5 Å². The minimum Gasteiger partial charge on any atom is -0.354 e. The van der Waals surface area contributed by atoms with Crippen molar-refractivity contribution >= 4 is 57.8 Å². The lowest BCUT2D eigenvalue weighted by Gasteiger charge is -2.16. The molecule has 0 saturated carbocycles. The van der Waals surface area contributed by atoms with Crippen molar-refractivity contribution in [2.75, 3.05) is 21.3 Å². The van der Waals surface area contributed by atoms with E-state index in [-0.39, 0.29) is 22.9 Å². The molecule has 0 bridgehead atoms. The summed E-state index contributed by atoms with van der Waals surface area (Å²) in [7, 11) is 0. The van der Waals surface area contributed by atoms with Gasteiger partial charge in [0.2, 0.25) is 11.8 Å². The van der Waals surface area contributed by atoms with Gasteiger partial charge in [0.15, 0.2) is 0 Å². The lowest BCUT2D eigenvalue weighted by molar-refractivity contribution is -0.115. The molecule has 4 amide bonds. The largest absolute Gasteiger partial charge is 0.354 e. The Morgan fingerprint density at radius 3 is 1.27 bits per heavy atom. The Morgan fingerprint density at radius 2 is 0.939 bits per heavy atom. The third kappa shape index (κ3) is 4.99. The summed E-state index contributed by atoms with van der Waals surface area (Å²) in [6.45, 7) is 2.87. The van der Waals surface area contributed by atoms with E-state index in [9.17, 15) is 19.2 Å². The van der Waals surface area contributed by atoms with Gasteiger partial charge in [-0.15, -0.1) is 0 Å². The molecule has 5 N–H and O–H groups in total. The van der Waals surface area contributed by atoms with E-state index < -0.39 is 11.8 Å². The fourth-order valence-corrected chi connectivity index (χ4v) is 3.41. The smallest absolute Gasteiger partial charge is 0.259 e. The molecule has 0 radical (unpaired) electrons. The average Bonchev–Trinajstić information content (AvgIpc) is 3.03. The zero-order valence-corrected chi connectivity index (χ0v) is 17.9. The van der Waals surface area contributed by atoms with E-state index in [0.717, 1.165) is 11.4 Å². The van der Waals surface area contributed by atoms with Gasteiger partial charge < -0.3 is 21.3 Å². The number of anilines is 6. The van der Waals surface area contributed by atoms with Crippen LogP contribution in [0.5, 0.6) is 0 Å². The fraction of sp³-hybridized carbons (Fsp3) is 0.0833. The van der Waals surface area contributed by atoms with Crippen LogP contribution in [-0.2, 0) is 9.59 Å². The number of benzene rings is 3. The standard InChI is InChI=1S/C24H21N5O4/c1-13(30)25-15-3-7-17(8-4-15)27-21-11-19-20(24(33)29-23(19)32)12-22(21)28-18-9-5-16(6-10-18)26-14(2)31/h3-12,27-28H,1-2H3,(H,25,30)(H,26,31)(H,29,32,33). The Bertz CT molecular complexity index is 1170. The van der Waals surface area contributed by atoms with E-state index in [1.807, 2.05) is 0 Å². The Morgan fingerprint density at radius 1 is 0.606 bits per heavy atom. The summed E-state index contributed by atoms with van der Waals surface area (Å²) in [5.41, 5.74) is 4.48. The third-order valence-electron chi connectivity index (χ3n) is 4.84. The van der Waals surface area contributed by atoms with Gasteiger partial charge in [0, 0.05) is 36.6 Å². The molecule has 1 aliphatic rings. The number of nitrogens with one attached hydrogen (secondary N) is 5. The first-order valence-corrected chi connectivity index (χ1v) is 10.1. The van der Waals surface area contributed by atoms with Gasteiger partial charge in [0.25, 0.3) is 11.8 Å². The number of carbonyl (C=O) groups excluding carboxylic acids is 4. The zero-order chi connectivity index (χ0) is 23.5. The Balaban J connectivity index is 1.65. The maximum Gasteiger partial charge on any atom is 0.259 e.